The van der Waals surface area contributed by atoms with Gasteiger partial charge in [-0.25, -0.2) is 9.97 Å². The van der Waals surface area contributed by atoms with Gasteiger partial charge in [-0.1, -0.05) is 176 Å². The molecule has 64 heavy (non-hydrogen) atoms. The molecule has 0 fully saturated rings. The lowest BCUT2D eigenvalue weighted by molar-refractivity contribution is 0.997. The van der Waals surface area contributed by atoms with Crippen molar-refractivity contribution in [3.8, 4) is 45.3 Å². The third-order valence-corrected chi connectivity index (χ3v) is 13.4. The van der Waals surface area contributed by atoms with E-state index >= 15 is 0 Å². The molecule has 14 aromatic rings. The van der Waals surface area contributed by atoms with Crippen LogP contribution in [0.1, 0.15) is 0 Å². The van der Waals surface area contributed by atoms with Crippen LogP contribution in [0.5, 0.6) is 0 Å². The third kappa shape index (κ3) is 4.99. The van der Waals surface area contributed by atoms with Gasteiger partial charge in [-0.2, -0.15) is 0 Å². The smallest absolute Gasteiger partial charge is 0.235 e. The Morgan fingerprint density at radius 3 is 1.75 bits per heavy atom. The molecule has 4 nitrogen and oxygen atoms in total. The quantitative estimate of drug-likeness (QED) is 0.162. The van der Waals surface area contributed by atoms with Crippen LogP contribution in [0.4, 0.5) is 0 Å². The van der Waals surface area contributed by atoms with E-state index in [-0.39, 0.29) is 0 Å². The fourth-order valence-electron chi connectivity index (χ4n) is 10.7. The maximum absolute atomic E-state index is 5.61. The van der Waals surface area contributed by atoms with E-state index in [0.29, 0.717) is 5.95 Å². The van der Waals surface area contributed by atoms with Crippen LogP contribution in [-0.2, 0) is 0 Å². The van der Waals surface area contributed by atoms with E-state index in [9.17, 15) is 0 Å². The predicted molar refractivity (Wildman–Crippen MR) is 268 cm³/mol. The molecule has 0 aliphatic heterocycles. The SMILES string of the molecule is c1ccc(-c2cc(-c3cccc4ccccc34)nc(-n3c4cc(-c5cccc6c7ccccc7n(-c7ccccc7)c56)cc5c6ccccc6c6c7ccccc7cc3c6c54)n2)cc1. The Balaban J connectivity index is 1.17. The van der Waals surface area contributed by atoms with Gasteiger partial charge in [0.15, 0.2) is 0 Å². The summed E-state index contributed by atoms with van der Waals surface area (Å²) in [7, 11) is 0. The van der Waals surface area contributed by atoms with E-state index < -0.39 is 0 Å². The number of aromatic nitrogens is 4. The fraction of sp³-hybridized carbons (Fsp3) is 0. The second-order valence-electron chi connectivity index (χ2n) is 16.9. The Bertz CT molecular complexity index is 4170. The van der Waals surface area contributed by atoms with Gasteiger partial charge in [-0.3, -0.25) is 4.57 Å². The summed E-state index contributed by atoms with van der Waals surface area (Å²) in [4.78, 5) is 11.2. The monoisotopic (exact) mass is 812 g/mol. The molecular weight excluding hydrogens is 777 g/mol. The molecular formula is C60H36N4. The maximum atomic E-state index is 5.61. The molecule has 296 valence electrons. The van der Waals surface area contributed by atoms with Crippen molar-refractivity contribution in [3.05, 3.63) is 218 Å². The van der Waals surface area contributed by atoms with Gasteiger partial charge in [0.25, 0.3) is 0 Å². The molecule has 0 spiro atoms. The van der Waals surface area contributed by atoms with Gasteiger partial charge in [-0.15, -0.1) is 0 Å². The zero-order valence-corrected chi connectivity index (χ0v) is 34.6. The van der Waals surface area contributed by atoms with Gasteiger partial charge < -0.3 is 4.57 Å². The van der Waals surface area contributed by atoms with E-state index in [2.05, 4.69) is 228 Å². The standard InChI is InChI=1S/C60H36N4/c1-3-18-38(19-4-1)51-36-52(46-30-15-21-37-17-7-9-24-42(37)46)62-60(61-51)64-54-35-40(44-29-16-31-49-47-27-13-14-32-53(47)63(59(44)49)41-22-5-2-6-23-41)33-50-45-26-11-12-28-48(45)56-43-25-10-8-20-39(43)34-55(64)58(56)57(50)54/h1-36H. The Labute approximate surface area is 367 Å². The molecule has 14 rings (SSSR count). The van der Waals surface area contributed by atoms with E-state index in [1.807, 2.05) is 0 Å². The summed E-state index contributed by atoms with van der Waals surface area (Å²) >= 11 is 0. The fourth-order valence-corrected chi connectivity index (χ4v) is 10.7. The number of hydrogen-bond acceptors (Lipinski definition) is 2. The van der Waals surface area contributed by atoms with Crippen LogP contribution in [-0.4, -0.2) is 19.1 Å². The molecule has 3 heterocycles. The summed E-state index contributed by atoms with van der Waals surface area (Å²) < 4.78 is 4.79. The summed E-state index contributed by atoms with van der Waals surface area (Å²) in [6.45, 7) is 0. The Hall–Kier alpha value is -8.60. The van der Waals surface area contributed by atoms with E-state index in [4.69, 9.17) is 9.97 Å². The van der Waals surface area contributed by atoms with Crippen LogP contribution in [0.25, 0.3) is 132 Å². The highest BCUT2D eigenvalue weighted by molar-refractivity contribution is 6.39. The first-order valence-corrected chi connectivity index (χ1v) is 21.9. The van der Waals surface area contributed by atoms with Crippen LogP contribution in [0.3, 0.4) is 0 Å². The van der Waals surface area contributed by atoms with E-state index in [0.717, 1.165) is 55.7 Å². The summed E-state index contributed by atoms with van der Waals surface area (Å²) in [5.41, 5.74) is 11.8. The zero-order valence-electron chi connectivity index (χ0n) is 34.6. The van der Waals surface area contributed by atoms with Crippen molar-refractivity contribution in [1.29, 1.82) is 0 Å². The Morgan fingerprint density at radius 1 is 0.297 bits per heavy atom. The average molecular weight is 813 g/mol. The number of fused-ring (bicyclic) bond motifs is 9. The molecule has 0 radical (unpaired) electrons. The highest BCUT2D eigenvalue weighted by atomic mass is 15.2. The minimum atomic E-state index is 0.635. The highest BCUT2D eigenvalue weighted by Gasteiger charge is 2.26. The Morgan fingerprint density at radius 2 is 0.906 bits per heavy atom. The largest absolute Gasteiger partial charge is 0.309 e. The lowest BCUT2D eigenvalue weighted by atomic mass is 9.89. The molecule has 0 N–H and O–H groups in total. The second-order valence-corrected chi connectivity index (χ2v) is 16.9. The summed E-state index contributed by atoms with van der Waals surface area (Å²) in [5, 5.41) is 14.6. The van der Waals surface area contributed by atoms with Crippen molar-refractivity contribution < 1.29 is 0 Å². The van der Waals surface area contributed by atoms with Crippen LogP contribution < -0.4 is 0 Å². The minimum Gasteiger partial charge on any atom is -0.309 e. The van der Waals surface area contributed by atoms with Crippen molar-refractivity contribution in [2.45, 2.75) is 0 Å². The van der Waals surface area contributed by atoms with Gasteiger partial charge in [0.05, 0.1) is 33.5 Å². The molecule has 0 unspecified atom stereocenters. The lowest BCUT2D eigenvalue weighted by Gasteiger charge is -2.15. The zero-order chi connectivity index (χ0) is 41.9. The van der Waals surface area contributed by atoms with Crippen LogP contribution in [0.15, 0.2) is 218 Å². The predicted octanol–water partition coefficient (Wildman–Crippen LogP) is 15.7. The van der Waals surface area contributed by atoms with Crippen molar-refractivity contribution in [2.24, 2.45) is 0 Å². The minimum absolute atomic E-state index is 0.635. The first-order chi connectivity index (χ1) is 31.8. The van der Waals surface area contributed by atoms with Gasteiger partial charge in [0, 0.05) is 49.3 Å². The van der Waals surface area contributed by atoms with Crippen molar-refractivity contribution in [3.63, 3.8) is 0 Å². The van der Waals surface area contributed by atoms with Crippen LogP contribution in [0.2, 0.25) is 0 Å². The number of para-hydroxylation sites is 3. The number of rotatable bonds is 5. The first kappa shape index (κ1) is 35.0. The molecule has 11 aromatic carbocycles. The molecule has 0 amide bonds. The maximum Gasteiger partial charge on any atom is 0.235 e. The molecule has 3 aromatic heterocycles. The number of nitrogens with zero attached hydrogens (tertiary/aromatic N) is 4. The van der Waals surface area contributed by atoms with Crippen LogP contribution in [0, 0.1) is 0 Å². The topological polar surface area (TPSA) is 35.6 Å². The third-order valence-electron chi connectivity index (χ3n) is 13.4. The van der Waals surface area contributed by atoms with E-state index in [1.54, 1.807) is 0 Å². The van der Waals surface area contributed by atoms with Gasteiger partial charge in [0.2, 0.25) is 5.95 Å². The molecule has 0 aliphatic carbocycles. The van der Waals surface area contributed by atoms with Crippen molar-refractivity contribution >= 4 is 86.7 Å². The van der Waals surface area contributed by atoms with E-state index in [1.165, 1.54) is 70.3 Å². The van der Waals surface area contributed by atoms with Crippen molar-refractivity contribution in [2.75, 3.05) is 0 Å². The molecule has 0 saturated carbocycles. The van der Waals surface area contributed by atoms with Gasteiger partial charge in [0.1, 0.15) is 0 Å². The summed E-state index contributed by atoms with van der Waals surface area (Å²) in [5.74, 6) is 0.635. The molecule has 0 atom stereocenters. The lowest BCUT2D eigenvalue weighted by Crippen LogP contribution is -2.04. The number of hydrogen-bond donors (Lipinski definition) is 0. The highest BCUT2D eigenvalue weighted by Crippen LogP contribution is 2.49. The number of benzene rings is 11. The Kier molecular flexibility index (Phi) is 7.36. The van der Waals surface area contributed by atoms with Gasteiger partial charge in [-0.05, 0) is 85.7 Å². The molecule has 4 heteroatoms. The molecule has 0 saturated heterocycles. The summed E-state index contributed by atoms with van der Waals surface area (Å²) in [6, 6.07) is 79.0. The van der Waals surface area contributed by atoms with Gasteiger partial charge >= 0.3 is 0 Å². The molecule has 0 aliphatic rings. The van der Waals surface area contributed by atoms with Crippen molar-refractivity contribution in [1.82, 2.24) is 19.1 Å². The van der Waals surface area contributed by atoms with Crippen LogP contribution >= 0.6 is 0 Å². The normalized spacial score (nSPS) is 12.1. The summed E-state index contributed by atoms with van der Waals surface area (Å²) in [6.07, 6.45) is 0. The first-order valence-electron chi connectivity index (χ1n) is 21.9. The second kappa shape index (κ2) is 13.4. The molecule has 0 bridgehead atoms. The average Bonchev–Trinajstić information content (AvgIpc) is 3.88.